The highest BCUT2D eigenvalue weighted by molar-refractivity contribution is 6.29. The normalized spacial score (nSPS) is 11.9. The Bertz CT molecular complexity index is 1050. The van der Waals surface area contributed by atoms with E-state index in [4.69, 9.17) is 30.2 Å². The largest absolute Gasteiger partial charge is 0.497 e. The minimum atomic E-state index is -0.784. The van der Waals surface area contributed by atoms with Crippen molar-refractivity contribution in [3.05, 3.63) is 58.4 Å². The van der Waals surface area contributed by atoms with E-state index in [1.165, 1.54) is 25.1 Å². The molecule has 0 aliphatic carbocycles. The number of hydrogen-bond acceptors (Lipinski definition) is 6. The van der Waals surface area contributed by atoms with E-state index in [0.717, 1.165) is 0 Å². The molecule has 0 aliphatic heterocycles. The van der Waals surface area contributed by atoms with Crippen LogP contribution in [0.1, 0.15) is 12.7 Å². The number of hydrogen-bond donors (Lipinski definition) is 0. The summed E-state index contributed by atoms with van der Waals surface area (Å²) in [6.45, 7) is 3.13. The zero-order valence-corrected chi connectivity index (χ0v) is 15.7. The molecule has 1 aromatic heterocycles. The number of ether oxygens (including phenoxy) is 3. The van der Waals surface area contributed by atoms with Crippen LogP contribution < -0.4 is 19.6 Å². The molecule has 0 bridgehead atoms. The molecule has 1 atom stereocenters. The molecule has 2 aromatic carbocycles. The second-order valence-electron chi connectivity index (χ2n) is 5.79. The summed E-state index contributed by atoms with van der Waals surface area (Å²) in [4.78, 5) is 24.4. The number of fused-ring (bicyclic) bond motifs is 1. The van der Waals surface area contributed by atoms with Gasteiger partial charge < -0.3 is 18.6 Å². The summed E-state index contributed by atoms with van der Waals surface area (Å²) in [6.07, 6.45) is 0. The molecule has 0 N–H and O–H groups in total. The highest BCUT2D eigenvalue weighted by Crippen LogP contribution is 2.29. The fourth-order valence-corrected chi connectivity index (χ4v) is 2.47. The van der Waals surface area contributed by atoms with E-state index in [0.29, 0.717) is 22.6 Å². The van der Waals surface area contributed by atoms with E-state index >= 15 is 0 Å². The molecular formula is C20H17ClO6. The fraction of sp³-hybridized carbons (Fsp3) is 0.200. The van der Waals surface area contributed by atoms with Gasteiger partial charge in [0.2, 0.25) is 11.2 Å². The summed E-state index contributed by atoms with van der Waals surface area (Å²) in [5, 5.41) is -0.481. The van der Waals surface area contributed by atoms with Gasteiger partial charge in [0.15, 0.2) is 0 Å². The molecule has 0 radical (unpaired) electrons. The predicted octanol–water partition coefficient (Wildman–Crippen LogP) is 4.44. The lowest BCUT2D eigenvalue weighted by Crippen LogP contribution is -2.17. The van der Waals surface area contributed by atoms with E-state index in [2.05, 4.69) is 0 Å². The van der Waals surface area contributed by atoms with Crippen LogP contribution in [0.3, 0.4) is 0 Å². The molecule has 140 valence electrons. The number of methoxy groups -OCH3 is 1. The van der Waals surface area contributed by atoms with E-state index in [9.17, 15) is 9.59 Å². The Morgan fingerprint density at radius 2 is 1.85 bits per heavy atom. The molecule has 7 heteroatoms. The van der Waals surface area contributed by atoms with E-state index < -0.39 is 11.3 Å². The second-order valence-corrected chi connectivity index (χ2v) is 6.45. The Morgan fingerprint density at radius 1 is 1.11 bits per heavy atom. The molecule has 3 aromatic rings. The molecule has 0 saturated carbocycles. The van der Waals surface area contributed by atoms with Crippen molar-refractivity contribution in [1.82, 2.24) is 0 Å². The third-order valence-electron chi connectivity index (χ3n) is 3.79. The quantitative estimate of drug-likeness (QED) is 0.365. The van der Waals surface area contributed by atoms with Gasteiger partial charge in [-0.3, -0.25) is 9.59 Å². The molecule has 0 fully saturated rings. The van der Waals surface area contributed by atoms with Crippen molar-refractivity contribution in [1.29, 1.82) is 0 Å². The Hall–Kier alpha value is -2.99. The van der Waals surface area contributed by atoms with Gasteiger partial charge in [-0.05, 0) is 38.1 Å². The number of benzene rings is 2. The van der Waals surface area contributed by atoms with Crippen molar-refractivity contribution >= 4 is 28.5 Å². The minimum Gasteiger partial charge on any atom is -0.497 e. The van der Waals surface area contributed by atoms with Crippen molar-refractivity contribution in [2.75, 3.05) is 7.11 Å². The number of esters is 1. The molecule has 1 unspecified atom stereocenters. The maximum absolute atomic E-state index is 12.8. The lowest BCUT2D eigenvalue weighted by atomic mass is 10.2. The van der Waals surface area contributed by atoms with Crippen molar-refractivity contribution in [2.45, 2.75) is 19.2 Å². The Labute approximate surface area is 160 Å². The molecule has 27 heavy (non-hydrogen) atoms. The topological polar surface area (TPSA) is 75.0 Å². The predicted molar refractivity (Wildman–Crippen MR) is 101 cm³/mol. The maximum atomic E-state index is 12.8. The molecular weight excluding hydrogens is 372 g/mol. The molecule has 0 aliphatic rings. The summed E-state index contributed by atoms with van der Waals surface area (Å²) < 4.78 is 21.7. The summed E-state index contributed by atoms with van der Waals surface area (Å²) in [6, 6.07) is 11.4. The third-order valence-corrected chi connectivity index (χ3v) is 3.97. The van der Waals surface area contributed by atoms with Gasteiger partial charge in [-0.1, -0.05) is 6.07 Å². The SMILES string of the molecule is COc1cccc(Oc2c(C)oc3cc(OC(=O)C(C)Cl)ccc3c2=O)c1. The highest BCUT2D eigenvalue weighted by Gasteiger charge is 2.17. The van der Waals surface area contributed by atoms with Crippen LogP contribution in [0.5, 0.6) is 23.0 Å². The van der Waals surface area contributed by atoms with Crippen LogP contribution in [-0.2, 0) is 4.79 Å². The molecule has 0 saturated heterocycles. The van der Waals surface area contributed by atoms with Crippen molar-refractivity contribution in [3.63, 3.8) is 0 Å². The van der Waals surface area contributed by atoms with Crippen LogP contribution >= 0.6 is 11.6 Å². The van der Waals surface area contributed by atoms with Gasteiger partial charge in [-0.2, -0.15) is 0 Å². The van der Waals surface area contributed by atoms with Gasteiger partial charge in [0.25, 0.3) is 0 Å². The first-order chi connectivity index (χ1) is 12.9. The number of rotatable bonds is 5. The first-order valence-corrected chi connectivity index (χ1v) is 8.58. The Kier molecular flexibility index (Phi) is 5.37. The lowest BCUT2D eigenvalue weighted by molar-refractivity contribution is -0.133. The van der Waals surface area contributed by atoms with E-state index in [1.807, 2.05) is 0 Å². The number of carbonyl (C=O) groups excluding carboxylic acids is 1. The summed E-state index contributed by atoms with van der Waals surface area (Å²) in [7, 11) is 1.55. The zero-order chi connectivity index (χ0) is 19.6. The van der Waals surface area contributed by atoms with Gasteiger partial charge in [0.1, 0.15) is 34.0 Å². The number of halogens is 1. The van der Waals surface area contributed by atoms with Gasteiger partial charge >= 0.3 is 5.97 Å². The van der Waals surface area contributed by atoms with E-state index in [-0.39, 0.29) is 22.5 Å². The van der Waals surface area contributed by atoms with Crippen LogP contribution in [-0.4, -0.2) is 18.5 Å². The maximum Gasteiger partial charge on any atom is 0.329 e. The van der Waals surface area contributed by atoms with Crippen molar-refractivity contribution in [2.24, 2.45) is 0 Å². The van der Waals surface area contributed by atoms with Crippen LogP contribution in [0.2, 0.25) is 0 Å². The van der Waals surface area contributed by atoms with Crippen LogP contribution in [0, 0.1) is 6.92 Å². The van der Waals surface area contributed by atoms with Crippen molar-refractivity contribution in [3.8, 4) is 23.0 Å². The highest BCUT2D eigenvalue weighted by atomic mass is 35.5. The first kappa shape index (κ1) is 18.8. The monoisotopic (exact) mass is 388 g/mol. The van der Waals surface area contributed by atoms with Crippen molar-refractivity contribution < 1.29 is 23.4 Å². The smallest absolute Gasteiger partial charge is 0.329 e. The average Bonchev–Trinajstić information content (AvgIpc) is 2.65. The molecule has 3 rings (SSSR count). The second kappa shape index (κ2) is 7.72. The van der Waals surface area contributed by atoms with Crippen LogP contribution in [0.4, 0.5) is 0 Å². The Balaban J connectivity index is 1.98. The minimum absolute atomic E-state index is 0.0786. The standard InChI is InChI=1S/C20H17ClO6/c1-11(21)20(23)27-15-7-8-16-17(10-15)25-12(2)19(18(16)22)26-14-6-4-5-13(9-14)24-3/h4-11H,1-3H3. The molecule has 0 spiro atoms. The van der Waals surface area contributed by atoms with Gasteiger partial charge in [-0.15, -0.1) is 11.6 Å². The molecule has 1 heterocycles. The average molecular weight is 389 g/mol. The number of alkyl halides is 1. The molecule has 0 amide bonds. The number of carbonyl (C=O) groups is 1. The Morgan fingerprint density at radius 3 is 2.56 bits per heavy atom. The van der Waals surface area contributed by atoms with Crippen LogP contribution in [0.25, 0.3) is 11.0 Å². The van der Waals surface area contributed by atoms with Gasteiger partial charge in [0, 0.05) is 12.1 Å². The summed E-state index contributed by atoms with van der Waals surface area (Å²) in [5.41, 5.74) is -0.0526. The van der Waals surface area contributed by atoms with Crippen LogP contribution in [0.15, 0.2) is 51.7 Å². The first-order valence-electron chi connectivity index (χ1n) is 8.14. The summed E-state index contributed by atoms with van der Waals surface area (Å²) in [5.74, 6) is 1.08. The summed E-state index contributed by atoms with van der Waals surface area (Å²) >= 11 is 5.69. The zero-order valence-electron chi connectivity index (χ0n) is 14.9. The van der Waals surface area contributed by atoms with Gasteiger partial charge in [-0.25, -0.2) is 0 Å². The fourth-order valence-electron chi connectivity index (χ4n) is 2.43. The number of aryl methyl sites for hydroxylation is 1. The molecule has 6 nitrogen and oxygen atoms in total. The van der Waals surface area contributed by atoms with E-state index in [1.54, 1.807) is 38.3 Å². The lowest BCUT2D eigenvalue weighted by Gasteiger charge is -2.10. The van der Waals surface area contributed by atoms with Gasteiger partial charge in [0.05, 0.1) is 12.5 Å². The third kappa shape index (κ3) is 4.06.